The van der Waals surface area contributed by atoms with Crippen LogP contribution < -0.4 is 5.73 Å². The van der Waals surface area contributed by atoms with Crippen LogP contribution in [0.1, 0.15) is 17.2 Å². The van der Waals surface area contributed by atoms with Crippen molar-refractivity contribution in [3.8, 4) is 11.1 Å². The quantitative estimate of drug-likeness (QED) is 0.730. The van der Waals surface area contributed by atoms with Gasteiger partial charge in [0, 0.05) is 6.04 Å². The summed E-state index contributed by atoms with van der Waals surface area (Å²) in [5.74, 6) is -0.879. The maximum Gasteiger partial charge on any atom is 0.126 e. The van der Waals surface area contributed by atoms with Crippen molar-refractivity contribution in [2.45, 2.75) is 12.5 Å². The third kappa shape index (κ3) is 3.63. The first-order valence-corrected chi connectivity index (χ1v) is 7.48. The molecule has 0 aliphatic rings. The summed E-state index contributed by atoms with van der Waals surface area (Å²) in [5.41, 5.74) is 9.56. The van der Waals surface area contributed by atoms with Crippen molar-refractivity contribution >= 4 is 0 Å². The molecular weight excluding hydrogens is 292 g/mol. The van der Waals surface area contributed by atoms with Crippen LogP contribution in [-0.2, 0) is 6.42 Å². The highest BCUT2D eigenvalue weighted by molar-refractivity contribution is 5.63. The highest BCUT2D eigenvalue weighted by Gasteiger charge is 2.11. The van der Waals surface area contributed by atoms with Gasteiger partial charge in [-0.25, -0.2) is 8.78 Å². The molecule has 0 saturated carbocycles. The summed E-state index contributed by atoms with van der Waals surface area (Å²) in [5, 5.41) is 0. The maximum atomic E-state index is 13.7. The Kier molecular flexibility index (Phi) is 4.49. The molecule has 2 N–H and O–H groups in total. The predicted molar refractivity (Wildman–Crippen MR) is 88.9 cm³/mol. The molecule has 1 atom stereocenters. The second-order valence-electron chi connectivity index (χ2n) is 5.53. The molecule has 0 aromatic heterocycles. The molecular formula is C20H17F2N. The van der Waals surface area contributed by atoms with Gasteiger partial charge in [-0.3, -0.25) is 0 Å². The average molecular weight is 309 g/mol. The first kappa shape index (κ1) is 15.4. The van der Waals surface area contributed by atoms with Gasteiger partial charge < -0.3 is 5.73 Å². The van der Waals surface area contributed by atoms with Crippen LogP contribution in [0, 0.1) is 11.6 Å². The highest BCUT2D eigenvalue weighted by atomic mass is 19.1. The van der Waals surface area contributed by atoms with E-state index in [1.54, 1.807) is 0 Å². The SMILES string of the molecule is N[C@H](Cc1cc(F)ccc1F)c1ccc(-c2ccccc2)cc1. The van der Waals surface area contributed by atoms with Gasteiger partial charge in [0.25, 0.3) is 0 Å². The topological polar surface area (TPSA) is 26.0 Å². The van der Waals surface area contributed by atoms with Gasteiger partial charge in [-0.2, -0.15) is 0 Å². The van der Waals surface area contributed by atoms with Gasteiger partial charge in [0.05, 0.1) is 0 Å². The smallest absolute Gasteiger partial charge is 0.126 e. The Labute approximate surface area is 134 Å². The molecule has 3 aromatic carbocycles. The summed E-state index contributed by atoms with van der Waals surface area (Å²) in [6, 6.07) is 20.9. The van der Waals surface area contributed by atoms with Crippen molar-refractivity contribution in [3.05, 3.63) is 95.6 Å². The van der Waals surface area contributed by atoms with Crippen LogP contribution in [0.15, 0.2) is 72.8 Å². The lowest BCUT2D eigenvalue weighted by Gasteiger charge is -2.13. The molecule has 1 nitrogen and oxygen atoms in total. The number of nitrogens with two attached hydrogens (primary N) is 1. The zero-order chi connectivity index (χ0) is 16.2. The normalized spacial score (nSPS) is 12.1. The van der Waals surface area contributed by atoms with Gasteiger partial charge in [0.2, 0.25) is 0 Å². The molecule has 23 heavy (non-hydrogen) atoms. The Morgan fingerprint density at radius 2 is 1.43 bits per heavy atom. The Morgan fingerprint density at radius 1 is 0.783 bits per heavy atom. The lowest BCUT2D eigenvalue weighted by Crippen LogP contribution is -2.14. The molecule has 0 aliphatic heterocycles. The molecule has 0 saturated heterocycles. The van der Waals surface area contributed by atoms with Crippen LogP contribution in [-0.4, -0.2) is 0 Å². The molecule has 0 spiro atoms. The monoisotopic (exact) mass is 309 g/mol. The Morgan fingerprint density at radius 3 is 2.13 bits per heavy atom. The van der Waals surface area contributed by atoms with Crippen molar-refractivity contribution in [3.63, 3.8) is 0 Å². The zero-order valence-corrected chi connectivity index (χ0v) is 12.5. The first-order valence-electron chi connectivity index (χ1n) is 7.48. The third-order valence-corrected chi connectivity index (χ3v) is 3.89. The minimum absolute atomic E-state index is 0.258. The van der Waals surface area contributed by atoms with Gasteiger partial charge in [-0.15, -0.1) is 0 Å². The van der Waals surface area contributed by atoms with Crippen LogP contribution in [0.25, 0.3) is 11.1 Å². The van der Waals surface area contributed by atoms with E-state index >= 15 is 0 Å². The van der Waals surface area contributed by atoms with E-state index in [0.29, 0.717) is 5.56 Å². The van der Waals surface area contributed by atoms with Gasteiger partial charge >= 0.3 is 0 Å². The summed E-state index contributed by atoms with van der Waals surface area (Å²) in [6.45, 7) is 0. The number of benzene rings is 3. The molecule has 0 radical (unpaired) electrons. The van der Waals surface area contributed by atoms with Crippen LogP contribution in [0.2, 0.25) is 0 Å². The number of hydrogen-bond donors (Lipinski definition) is 1. The fraction of sp³-hybridized carbons (Fsp3) is 0.100. The standard InChI is InChI=1S/C20H17F2N/c21-18-10-11-19(22)17(12-18)13-20(23)16-8-6-15(7-9-16)14-4-2-1-3-5-14/h1-12,20H,13,23H2/t20-/m1/s1. The van der Waals surface area contributed by atoms with Crippen LogP contribution in [0.5, 0.6) is 0 Å². The van der Waals surface area contributed by atoms with Gasteiger partial charge in [0.1, 0.15) is 11.6 Å². The molecule has 0 bridgehead atoms. The molecule has 0 aliphatic carbocycles. The van der Waals surface area contributed by atoms with E-state index in [2.05, 4.69) is 0 Å². The Hall–Kier alpha value is -2.52. The zero-order valence-electron chi connectivity index (χ0n) is 12.5. The van der Waals surface area contributed by atoms with Crippen molar-refractivity contribution in [2.24, 2.45) is 5.73 Å². The molecule has 3 aromatic rings. The Bertz CT molecular complexity index is 782. The van der Waals surface area contributed by atoms with E-state index in [-0.39, 0.29) is 12.5 Å². The minimum atomic E-state index is -0.451. The number of hydrogen-bond acceptors (Lipinski definition) is 1. The van der Waals surface area contributed by atoms with E-state index in [1.807, 2.05) is 54.6 Å². The van der Waals surface area contributed by atoms with Crippen molar-refractivity contribution in [2.75, 3.05) is 0 Å². The summed E-state index contributed by atoms with van der Waals surface area (Å²) >= 11 is 0. The average Bonchev–Trinajstić information content (AvgIpc) is 2.59. The molecule has 0 fully saturated rings. The molecule has 3 rings (SSSR count). The van der Waals surface area contributed by atoms with E-state index in [4.69, 9.17) is 5.73 Å². The summed E-state index contributed by atoms with van der Waals surface area (Å²) in [6.07, 6.45) is 0.258. The maximum absolute atomic E-state index is 13.7. The Balaban J connectivity index is 1.78. The van der Waals surface area contributed by atoms with E-state index < -0.39 is 11.6 Å². The second kappa shape index (κ2) is 6.71. The fourth-order valence-electron chi connectivity index (χ4n) is 2.61. The van der Waals surface area contributed by atoms with Crippen molar-refractivity contribution in [1.29, 1.82) is 0 Å². The first-order chi connectivity index (χ1) is 11.1. The highest BCUT2D eigenvalue weighted by Crippen LogP contribution is 2.23. The predicted octanol–water partition coefficient (Wildman–Crippen LogP) is 4.87. The summed E-state index contributed by atoms with van der Waals surface area (Å²) in [7, 11) is 0. The van der Waals surface area contributed by atoms with Crippen LogP contribution in [0.3, 0.4) is 0 Å². The summed E-state index contributed by atoms with van der Waals surface area (Å²) in [4.78, 5) is 0. The molecule has 116 valence electrons. The second-order valence-corrected chi connectivity index (χ2v) is 5.53. The molecule has 0 amide bonds. The third-order valence-electron chi connectivity index (χ3n) is 3.89. The number of halogens is 2. The minimum Gasteiger partial charge on any atom is -0.324 e. The van der Waals surface area contributed by atoms with Crippen LogP contribution in [0.4, 0.5) is 8.78 Å². The molecule has 3 heteroatoms. The fourth-order valence-corrected chi connectivity index (χ4v) is 2.61. The van der Waals surface area contributed by atoms with E-state index in [1.165, 1.54) is 6.07 Å². The van der Waals surface area contributed by atoms with Gasteiger partial charge in [-0.1, -0.05) is 54.6 Å². The van der Waals surface area contributed by atoms with Crippen LogP contribution >= 0.6 is 0 Å². The van der Waals surface area contributed by atoms with Crippen molar-refractivity contribution < 1.29 is 8.78 Å². The number of rotatable bonds is 4. The molecule has 0 heterocycles. The van der Waals surface area contributed by atoms with E-state index in [9.17, 15) is 8.78 Å². The van der Waals surface area contributed by atoms with E-state index in [0.717, 1.165) is 28.8 Å². The molecule has 0 unspecified atom stereocenters. The largest absolute Gasteiger partial charge is 0.324 e. The van der Waals surface area contributed by atoms with Crippen molar-refractivity contribution in [1.82, 2.24) is 0 Å². The van der Waals surface area contributed by atoms with Gasteiger partial charge in [-0.05, 0) is 46.9 Å². The summed E-state index contributed by atoms with van der Waals surface area (Å²) < 4.78 is 26.9. The lowest BCUT2D eigenvalue weighted by atomic mass is 9.97. The lowest BCUT2D eigenvalue weighted by molar-refractivity contribution is 0.572. The van der Waals surface area contributed by atoms with Gasteiger partial charge in [0.15, 0.2) is 0 Å².